The van der Waals surface area contributed by atoms with E-state index in [0.717, 1.165) is 62.3 Å². The molecule has 206 valence electrons. The number of ether oxygens (including phenoxy) is 1. The number of fused-ring (bicyclic) bond motifs is 2. The molecule has 0 aromatic heterocycles. The van der Waals surface area contributed by atoms with Gasteiger partial charge in [-0.25, -0.2) is 12.7 Å². The maximum absolute atomic E-state index is 13.8. The van der Waals surface area contributed by atoms with Crippen molar-refractivity contribution in [1.82, 2.24) is 9.21 Å². The number of piperidine rings is 2. The number of hydrogen-bond acceptors (Lipinski definition) is 5. The summed E-state index contributed by atoms with van der Waals surface area (Å²) in [7, 11) is 3.15. The van der Waals surface area contributed by atoms with Crippen molar-refractivity contribution in [3.8, 4) is 5.75 Å². The molecule has 5 rings (SSSR count). The van der Waals surface area contributed by atoms with Gasteiger partial charge in [0.15, 0.2) is 0 Å². The summed E-state index contributed by atoms with van der Waals surface area (Å²) in [5.41, 5.74) is 2.81. The Morgan fingerprint density at radius 2 is 1.67 bits per heavy atom. The number of benzene rings is 2. The van der Waals surface area contributed by atoms with Crippen molar-refractivity contribution < 1.29 is 17.9 Å². The van der Waals surface area contributed by atoms with Gasteiger partial charge in [-0.1, -0.05) is 23.7 Å². The van der Waals surface area contributed by atoms with E-state index < -0.39 is 15.4 Å². The number of anilines is 1. The van der Waals surface area contributed by atoms with Crippen LogP contribution in [0.3, 0.4) is 0 Å². The van der Waals surface area contributed by atoms with E-state index in [9.17, 15) is 13.2 Å². The normalized spacial score (nSPS) is 20.9. The molecule has 1 amide bonds. The van der Waals surface area contributed by atoms with Crippen molar-refractivity contribution in [2.24, 2.45) is 0 Å². The largest absolute Gasteiger partial charge is 0.492 e. The molecule has 0 atom stereocenters. The molecule has 7 nitrogen and oxygen atoms in total. The summed E-state index contributed by atoms with van der Waals surface area (Å²) >= 11 is 6.39. The fraction of sp³-hybridized carbons (Fsp3) is 0.519. The molecule has 2 fully saturated rings. The van der Waals surface area contributed by atoms with Crippen LogP contribution in [-0.4, -0.2) is 97.9 Å². The van der Waals surface area contributed by atoms with Crippen molar-refractivity contribution in [2.75, 3.05) is 50.5 Å². The van der Waals surface area contributed by atoms with E-state index >= 15 is 0 Å². The monoisotopic (exact) mass is 567 g/mol. The molecule has 3 aliphatic rings. The molecule has 2 saturated heterocycles. The van der Waals surface area contributed by atoms with Gasteiger partial charge in [-0.05, 0) is 91.4 Å². The van der Waals surface area contributed by atoms with Gasteiger partial charge in [0.05, 0.1) is 11.7 Å². The van der Waals surface area contributed by atoms with Crippen molar-refractivity contribution in [3.63, 3.8) is 0 Å². The Bertz CT molecular complexity index is 1320. The minimum Gasteiger partial charge on any atom is -0.492 e. The second-order valence-electron chi connectivity index (χ2n) is 12.3. The topological polar surface area (TPSA) is 70.2 Å². The minimum atomic E-state index is -3.11. The number of halogens is 1. The number of sulfonamides is 1. The highest BCUT2D eigenvalue weighted by atomic mass is 35.5. The molecule has 3 heterocycles. The molecular formula is C27H37B3ClN3O4S. The molecule has 2 aromatic rings. The van der Waals surface area contributed by atoms with Crippen molar-refractivity contribution in [3.05, 3.63) is 58.6 Å². The van der Waals surface area contributed by atoms with Crippen LogP contribution in [0.4, 0.5) is 5.69 Å². The Balaban J connectivity index is 1.14. The van der Waals surface area contributed by atoms with Gasteiger partial charge < -0.3 is 9.64 Å². The quantitative estimate of drug-likeness (QED) is 0.462. The zero-order valence-corrected chi connectivity index (χ0v) is 25.0. The van der Waals surface area contributed by atoms with Crippen molar-refractivity contribution in [1.29, 1.82) is 0 Å². The third-order valence-electron chi connectivity index (χ3n) is 8.66. The molecule has 0 bridgehead atoms. The van der Waals surface area contributed by atoms with E-state index in [-0.39, 0.29) is 11.1 Å². The van der Waals surface area contributed by atoms with E-state index in [2.05, 4.69) is 40.6 Å². The Kier molecular flexibility index (Phi) is 7.92. The Hall–Kier alpha value is -1.94. The summed E-state index contributed by atoms with van der Waals surface area (Å²) in [4.78, 5) is 18.2. The second kappa shape index (κ2) is 10.8. The average molecular weight is 568 g/mol. The lowest BCUT2D eigenvalue weighted by atomic mass is 9.48. The molecule has 0 N–H and O–H groups in total. The van der Waals surface area contributed by atoms with Gasteiger partial charge in [-0.3, -0.25) is 9.69 Å². The number of amides is 1. The standard InChI is InChI=1S/C27H37B3ClN3O4S/c1-39(36,37)33-12-8-20(9-13-33)19-2-5-22(6-3-19)38-17-16-32-14-10-26(11-15-32)23-18-21(31)4-7-24(23)34(25(26)35)27(28,29)30/h2-7,18,20H,8-17,28-30H2,1H3. The third-order valence-corrected chi connectivity index (χ3v) is 10.2. The first-order chi connectivity index (χ1) is 18.4. The lowest BCUT2D eigenvalue weighted by Gasteiger charge is -2.40. The fourth-order valence-corrected chi connectivity index (χ4v) is 7.53. The fourth-order valence-electron chi connectivity index (χ4n) is 6.48. The summed E-state index contributed by atoms with van der Waals surface area (Å²) in [6, 6.07) is 14.1. The van der Waals surface area contributed by atoms with Crippen LogP contribution < -0.4 is 9.64 Å². The van der Waals surface area contributed by atoms with Gasteiger partial charge in [-0.15, -0.1) is 0 Å². The Morgan fingerprint density at radius 1 is 1.03 bits per heavy atom. The number of hydrogen-bond donors (Lipinski definition) is 0. The highest BCUT2D eigenvalue weighted by Crippen LogP contribution is 2.50. The third kappa shape index (κ3) is 5.78. The molecule has 12 heteroatoms. The SMILES string of the molecule is BC(B)(B)N1C(=O)C2(CCN(CCOc3ccc(C4CCN(S(C)(=O)=O)CC4)cc3)CC2)c2cc(Cl)ccc21. The van der Waals surface area contributed by atoms with Gasteiger partial charge in [0.1, 0.15) is 35.9 Å². The lowest BCUT2D eigenvalue weighted by Crippen LogP contribution is -2.57. The van der Waals surface area contributed by atoms with Crippen LogP contribution in [-0.2, 0) is 20.2 Å². The highest BCUT2D eigenvalue weighted by Gasteiger charge is 2.54. The van der Waals surface area contributed by atoms with Crippen LogP contribution in [0.15, 0.2) is 42.5 Å². The molecule has 39 heavy (non-hydrogen) atoms. The molecule has 3 aliphatic heterocycles. The summed E-state index contributed by atoms with van der Waals surface area (Å²) in [5.74, 6) is 1.42. The summed E-state index contributed by atoms with van der Waals surface area (Å²) < 4.78 is 31.2. The minimum absolute atomic E-state index is 0.199. The predicted molar refractivity (Wildman–Crippen MR) is 165 cm³/mol. The van der Waals surface area contributed by atoms with Crippen LogP contribution in [0.5, 0.6) is 5.75 Å². The number of carbonyl (C=O) groups is 1. The number of nitrogens with zero attached hydrogens (tertiary/aromatic N) is 3. The summed E-state index contributed by atoms with van der Waals surface area (Å²) in [5, 5.41) is 0.384. The molecule has 0 aliphatic carbocycles. The van der Waals surface area contributed by atoms with Gasteiger partial charge in [-0.2, -0.15) is 0 Å². The molecule has 2 aromatic carbocycles. The molecule has 0 unspecified atom stereocenters. The molecule has 1 spiro atoms. The van der Waals surface area contributed by atoms with Crippen LogP contribution in [0.25, 0.3) is 0 Å². The van der Waals surface area contributed by atoms with Gasteiger partial charge in [0, 0.05) is 30.3 Å². The summed E-state index contributed by atoms with van der Waals surface area (Å²) in [6.45, 7) is 4.23. The molecule has 0 saturated carbocycles. The number of rotatable bonds is 7. The lowest BCUT2D eigenvalue weighted by molar-refractivity contribution is -0.125. The second-order valence-corrected chi connectivity index (χ2v) is 14.7. The maximum atomic E-state index is 13.8. The average Bonchev–Trinajstić information content (AvgIpc) is 3.12. The van der Waals surface area contributed by atoms with Gasteiger partial charge >= 0.3 is 0 Å². The highest BCUT2D eigenvalue weighted by molar-refractivity contribution is 7.88. The van der Waals surface area contributed by atoms with Gasteiger partial charge in [0.25, 0.3) is 0 Å². The number of carbonyl (C=O) groups excluding carboxylic acids is 1. The maximum Gasteiger partial charge on any atom is 0.236 e. The van der Waals surface area contributed by atoms with Crippen molar-refractivity contribution in [2.45, 2.75) is 42.3 Å². The van der Waals surface area contributed by atoms with Crippen molar-refractivity contribution >= 4 is 56.8 Å². The first-order valence-corrected chi connectivity index (χ1v) is 16.2. The van der Waals surface area contributed by atoms with E-state index in [1.807, 2.05) is 35.2 Å². The van der Waals surface area contributed by atoms with Crippen LogP contribution in [0, 0.1) is 0 Å². The van der Waals surface area contributed by atoms with E-state index in [1.54, 1.807) is 4.31 Å². The van der Waals surface area contributed by atoms with Crippen LogP contribution >= 0.6 is 11.6 Å². The van der Waals surface area contributed by atoms with E-state index in [0.29, 0.717) is 30.6 Å². The Morgan fingerprint density at radius 3 is 2.26 bits per heavy atom. The van der Waals surface area contributed by atoms with Crippen LogP contribution in [0.1, 0.15) is 42.7 Å². The zero-order chi connectivity index (χ0) is 28.0. The van der Waals surface area contributed by atoms with E-state index in [4.69, 9.17) is 16.3 Å². The Labute approximate surface area is 240 Å². The molecular weight excluding hydrogens is 530 g/mol. The molecule has 0 radical (unpaired) electrons. The first kappa shape index (κ1) is 28.6. The van der Waals surface area contributed by atoms with E-state index in [1.165, 1.54) is 11.8 Å². The number of likely N-dealkylation sites (tertiary alicyclic amines) is 1. The zero-order valence-electron chi connectivity index (χ0n) is 23.5. The van der Waals surface area contributed by atoms with Gasteiger partial charge in [0.2, 0.25) is 15.9 Å². The summed E-state index contributed by atoms with van der Waals surface area (Å²) in [6.07, 6.45) is 4.52. The van der Waals surface area contributed by atoms with Crippen LogP contribution in [0.2, 0.25) is 5.02 Å². The first-order valence-electron chi connectivity index (χ1n) is 13.9. The predicted octanol–water partition coefficient (Wildman–Crippen LogP) is 0.749. The smallest absolute Gasteiger partial charge is 0.236 e.